The fourth-order valence-electron chi connectivity index (χ4n) is 6.16. The maximum atomic E-state index is 10.1. The van der Waals surface area contributed by atoms with Crippen molar-refractivity contribution in [2.75, 3.05) is 13.2 Å². The lowest BCUT2D eigenvalue weighted by molar-refractivity contribution is -0.332. The van der Waals surface area contributed by atoms with Gasteiger partial charge in [0.05, 0.1) is 24.9 Å². The standard InChI is InChI=1S/C30H44O5Si/c1-29(2,3)36(27-13-7-4-8-14-27,28-15-9-5-10-16-28)33-20-17-25-22-26(21-24(32)23-31)35-30(34-25)18-11-6-12-19-30/h4-5,7-10,13-16,24-26,31-32H,6,11-12,17-23H2,1-3H3/t24-,25-,26+/m0/s1. The number of hydrogen-bond donors (Lipinski definition) is 2. The minimum atomic E-state index is -2.59. The molecule has 5 nitrogen and oxygen atoms in total. The zero-order chi connectivity index (χ0) is 25.7. The Morgan fingerprint density at radius 2 is 1.47 bits per heavy atom. The highest BCUT2D eigenvalue weighted by Gasteiger charge is 2.50. The van der Waals surface area contributed by atoms with Crippen LogP contribution in [0.5, 0.6) is 0 Å². The molecule has 1 saturated carbocycles. The van der Waals surface area contributed by atoms with Gasteiger partial charge in [0.25, 0.3) is 8.32 Å². The molecule has 2 N–H and O–H groups in total. The van der Waals surface area contributed by atoms with Crippen LogP contribution in [-0.2, 0) is 13.9 Å². The Labute approximate surface area is 217 Å². The topological polar surface area (TPSA) is 68.2 Å². The molecule has 1 aliphatic carbocycles. The summed E-state index contributed by atoms with van der Waals surface area (Å²) >= 11 is 0. The molecule has 2 aliphatic rings. The lowest BCUT2D eigenvalue weighted by Crippen LogP contribution is -2.66. The average molecular weight is 513 g/mol. The van der Waals surface area contributed by atoms with Gasteiger partial charge in [-0.15, -0.1) is 0 Å². The molecule has 36 heavy (non-hydrogen) atoms. The number of aliphatic hydroxyl groups excluding tert-OH is 2. The molecular formula is C30H44O5Si. The zero-order valence-electron chi connectivity index (χ0n) is 22.2. The molecule has 1 spiro atoms. The monoisotopic (exact) mass is 512 g/mol. The highest BCUT2D eigenvalue weighted by Crippen LogP contribution is 2.41. The SMILES string of the molecule is CC(C)(C)[Si](OCC[C@H]1C[C@@H](C[C@H](O)CO)OC2(CCCCC2)O1)(c1ccccc1)c1ccccc1. The summed E-state index contributed by atoms with van der Waals surface area (Å²) in [5.74, 6) is -0.557. The van der Waals surface area contributed by atoms with Gasteiger partial charge in [0.15, 0.2) is 5.79 Å². The van der Waals surface area contributed by atoms with Gasteiger partial charge in [-0.25, -0.2) is 0 Å². The van der Waals surface area contributed by atoms with E-state index >= 15 is 0 Å². The lowest BCUT2D eigenvalue weighted by atomic mass is 9.91. The first-order valence-corrected chi connectivity index (χ1v) is 15.6. The van der Waals surface area contributed by atoms with Crippen LogP contribution in [0.25, 0.3) is 0 Å². The van der Waals surface area contributed by atoms with Crippen LogP contribution in [0.3, 0.4) is 0 Å². The van der Waals surface area contributed by atoms with Crippen molar-refractivity contribution in [3.63, 3.8) is 0 Å². The molecule has 0 amide bonds. The first-order valence-electron chi connectivity index (χ1n) is 13.7. The predicted molar refractivity (Wildman–Crippen MR) is 146 cm³/mol. The highest BCUT2D eigenvalue weighted by atomic mass is 28.4. The third-order valence-corrected chi connectivity index (χ3v) is 12.9. The van der Waals surface area contributed by atoms with Gasteiger partial charge in [-0.2, -0.15) is 0 Å². The molecule has 0 radical (unpaired) electrons. The molecule has 3 atom stereocenters. The maximum Gasteiger partial charge on any atom is 0.261 e. The molecule has 2 aromatic carbocycles. The fraction of sp³-hybridized carbons (Fsp3) is 0.600. The van der Waals surface area contributed by atoms with E-state index in [2.05, 4.69) is 81.4 Å². The zero-order valence-corrected chi connectivity index (χ0v) is 23.2. The summed E-state index contributed by atoms with van der Waals surface area (Å²) in [6.07, 6.45) is 6.25. The minimum absolute atomic E-state index is 0.00552. The molecule has 1 heterocycles. The van der Waals surface area contributed by atoms with Crippen molar-refractivity contribution in [2.45, 2.75) is 101 Å². The van der Waals surface area contributed by atoms with Crippen molar-refractivity contribution in [3.8, 4) is 0 Å². The molecule has 4 rings (SSSR count). The molecule has 0 unspecified atom stereocenters. The average Bonchev–Trinajstić information content (AvgIpc) is 2.87. The summed E-state index contributed by atoms with van der Waals surface area (Å²) in [7, 11) is -2.59. The van der Waals surface area contributed by atoms with Gasteiger partial charge in [-0.3, -0.25) is 0 Å². The molecule has 6 heteroatoms. The van der Waals surface area contributed by atoms with Crippen molar-refractivity contribution in [3.05, 3.63) is 60.7 Å². The molecule has 198 valence electrons. The molecule has 0 bridgehead atoms. The van der Waals surface area contributed by atoms with Gasteiger partial charge in [-0.05, 0) is 34.7 Å². The van der Waals surface area contributed by atoms with E-state index in [4.69, 9.17) is 13.9 Å². The molecular weight excluding hydrogens is 468 g/mol. The minimum Gasteiger partial charge on any atom is -0.407 e. The second kappa shape index (κ2) is 11.9. The van der Waals surface area contributed by atoms with E-state index in [0.717, 1.165) is 32.1 Å². The highest BCUT2D eigenvalue weighted by molar-refractivity contribution is 6.99. The Morgan fingerprint density at radius 1 is 0.917 bits per heavy atom. The van der Waals surface area contributed by atoms with Crippen molar-refractivity contribution < 1.29 is 24.1 Å². The Bertz CT molecular complexity index is 884. The normalized spacial score (nSPS) is 23.5. The summed E-state index contributed by atoms with van der Waals surface area (Å²) in [6.45, 7) is 7.26. The number of hydrogen-bond acceptors (Lipinski definition) is 5. The number of ether oxygens (including phenoxy) is 2. The first-order chi connectivity index (χ1) is 17.3. The van der Waals surface area contributed by atoms with Gasteiger partial charge in [0, 0.05) is 32.3 Å². The second-order valence-corrected chi connectivity index (χ2v) is 15.9. The van der Waals surface area contributed by atoms with Gasteiger partial charge >= 0.3 is 0 Å². The molecule has 1 saturated heterocycles. The predicted octanol–water partition coefficient (Wildman–Crippen LogP) is 4.53. The van der Waals surface area contributed by atoms with Crippen LogP contribution in [0.4, 0.5) is 0 Å². The van der Waals surface area contributed by atoms with Crippen molar-refractivity contribution >= 4 is 18.7 Å². The first kappa shape index (κ1) is 27.5. The molecule has 0 aromatic heterocycles. The maximum absolute atomic E-state index is 10.1. The molecule has 1 aliphatic heterocycles. The Balaban J connectivity index is 1.55. The largest absolute Gasteiger partial charge is 0.407 e. The van der Waals surface area contributed by atoms with E-state index in [9.17, 15) is 10.2 Å². The van der Waals surface area contributed by atoms with Gasteiger partial charge in [-0.1, -0.05) is 87.9 Å². The van der Waals surface area contributed by atoms with Crippen molar-refractivity contribution in [2.24, 2.45) is 0 Å². The summed E-state index contributed by atoms with van der Waals surface area (Å²) in [4.78, 5) is 0. The third-order valence-electron chi connectivity index (χ3n) is 7.82. The Hall–Kier alpha value is -1.54. The number of benzene rings is 2. The van der Waals surface area contributed by atoms with Crippen molar-refractivity contribution in [1.82, 2.24) is 0 Å². The summed E-state index contributed by atoms with van der Waals surface area (Å²) < 4.78 is 20.2. The van der Waals surface area contributed by atoms with Crippen LogP contribution in [0.1, 0.15) is 72.1 Å². The van der Waals surface area contributed by atoms with E-state index in [-0.39, 0.29) is 23.9 Å². The lowest BCUT2D eigenvalue weighted by Gasteiger charge is -2.47. The van der Waals surface area contributed by atoms with Gasteiger partial charge in [0.2, 0.25) is 0 Å². The second-order valence-electron chi connectivity index (χ2n) is 11.6. The quantitative estimate of drug-likeness (QED) is 0.483. The van der Waals surface area contributed by atoms with Crippen LogP contribution < -0.4 is 10.4 Å². The van der Waals surface area contributed by atoms with Crippen LogP contribution in [0.2, 0.25) is 5.04 Å². The molecule has 2 aromatic rings. The smallest absolute Gasteiger partial charge is 0.261 e. The van der Waals surface area contributed by atoms with E-state index in [1.807, 2.05) is 0 Å². The molecule has 2 fully saturated rings. The Morgan fingerprint density at radius 3 is 2.00 bits per heavy atom. The van der Waals surface area contributed by atoms with Gasteiger partial charge < -0.3 is 24.1 Å². The Kier molecular flexibility index (Phi) is 9.08. The third kappa shape index (κ3) is 6.12. The van der Waals surface area contributed by atoms with E-state index in [1.165, 1.54) is 16.8 Å². The van der Waals surface area contributed by atoms with Crippen molar-refractivity contribution in [1.29, 1.82) is 0 Å². The fourth-order valence-corrected chi connectivity index (χ4v) is 10.7. The van der Waals surface area contributed by atoms with Crippen LogP contribution in [0, 0.1) is 0 Å². The van der Waals surface area contributed by atoms with E-state index in [1.54, 1.807) is 0 Å². The van der Waals surface area contributed by atoms with E-state index < -0.39 is 20.2 Å². The van der Waals surface area contributed by atoms with Crippen LogP contribution in [0.15, 0.2) is 60.7 Å². The van der Waals surface area contributed by atoms with Crippen LogP contribution in [-0.4, -0.2) is 55.8 Å². The van der Waals surface area contributed by atoms with Gasteiger partial charge in [0.1, 0.15) is 0 Å². The summed E-state index contributed by atoms with van der Waals surface area (Å²) in [5.41, 5.74) is 0. The summed E-state index contributed by atoms with van der Waals surface area (Å²) in [5, 5.41) is 22.0. The van der Waals surface area contributed by atoms with Crippen LogP contribution >= 0.6 is 0 Å². The van der Waals surface area contributed by atoms with E-state index in [0.29, 0.717) is 19.4 Å². The number of aliphatic hydroxyl groups is 2. The number of rotatable bonds is 9. The summed E-state index contributed by atoms with van der Waals surface area (Å²) in [6, 6.07) is 21.5.